The molecule has 2 amide bonds. The van der Waals surface area contributed by atoms with E-state index in [4.69, 9.17) is 9.47 Å². The molecule has 5 rings (SSSR count). The van der Waals surface area contributed by atoms with Crippen LogP contribution in [-0.2, 0) is 13.5 Å². The van der Waals surface area contributed by atoms with E-state index in [1.54, 1.807) is 47.1 Å². The van der Waals surface area contributed by atoms with Crippen LogP contribution in [0.5, 0.6) is 17.2 Å². The van der Waals surface area contributed by atoms with Gasteiger partial charge in [-0.05, 0) is 51.0 Å². The number of fused-ring (bicyclic) bond motifs is 1. The van der Waals surface area contributed by atoms with Crippen molar-refractivity contribution in [3.05, 3.63) is 65.1 Å². The van der Waals surface area contributed by atoms with Crippen LogP contribution in [0.1, 0.15) is 53.0 Å². The molecule has 182 valence electrons. The quantitative estimate of drug-likeness (QED) is 0.581. The maximum absolute atomic E-state index is 14.9. The Morgan fingerprint density at radius 3 is 2.60 bits per heavy atom. The molecule has 2 aliphatic heterocycles. The smallest absolute Gasteiger partial charge is 0.257 e. The Balaban J connectivity index is 1.43. The summed E-state index contributed by atoms with van der Waals surface area (Å²) < 4.78 is 28.6. The molecule has 9 heteroatoms. The van der Waals surface area contributed by atoms with Gasteiger partial charge in [-0.25, -0.2) is 4.39 Å². The Morgan fingerprint density at radius 2 is 1.91 bits per heavy atom. The number of carbonyl (C=O) groups is 2. The minimum atomic E-state index is -0.642. The molecule has 0 aliphatic carbocycles. The molecule has 0 atom stereocenters. The fourth-order valence-corrected chi connectivity index (χ4v) is 4.49. The zero-order chi connectivity index (χ0) is 24.7. The molecule has 1 fully saturated rings. The maximum atomic E-state index is 14.9. The molecule has 0 radical (unpaired) electrons. The first-order valence-electron chi connectivity index (χ1n) is 11.6. The lowest BCUT2D eigenvalue weighted by atomic mass is 9.99. The van der Waals surface area contributed by atoms with Gasteiger partial charge in [-0.1, -0.05) is 0 Å². The summed E-state index contributed by atoms with van der Waals surface area (Å²) in [6, 6.07) is 9.20. The van der Waals surface area contributed by atoms with Gasteiger partial charge in [0.2, 0.25) is 0 Å². The van der Waals surface area contributed by atoms with Gasteiger partial charge in [-0.2, -0.15) is 5.10 Å². The summed E-state index contributed by atoms with van der Waals surface area (Å²) in [5, 5.41) is 6.93. The third-order valence-electron chi connectivity index (χ3n) is 6.17. The number of amides is 2. The highest BCUT2D eigenvalue weighted by Gasteiger charge is 2.34. The number of hydrogen-bond donors (Lipinski definition) is 1. The lowest BCUT2D eigenvalue weighted by Crippen LogP contribution is -2.28. The number of hydrogen-bond acceptors (Lipinski definition) is 5. The molecular formula is C26H27FN4O4. The zero-order valence-electron chi connectivity index (χ0n) is 19.9. The zero-order valence-corrected chi connectivity index (χ0v) is 19.9. The van der Waals surface area contributed by atoms with Gasteiger partial charge in [0.1, 0.15) is 28.7 Å². The van der Waals surface area contributed by atoms with E-state index in [1.807, 2.05) is 13.8 Å². The van der Waals surface area contributed by atoms with Crippen molar-refractivity contribution in [2.75, 3.05) is 18.4 Å². The number of ether oxygens (including phenoxy) is 2. The fourth-order valence-electron chi connectivity index (χ4n) is 4.49. The van der Waals surface area contributed by atoms with Crippen LogP contribution in [0.15, 0.2) is 42.6 Å². The molecule has 1 aromatic heterocycles. The summed E-state index contributed by atoms with van der Waals surface area (Å²) in [5.41, 5.74) is 0.663. The van der Waals surface area contributed by atoms with Crippen LogP contribution >= 0.6 is 0 Å². The van der Waals surface area contributed by atoms with Gasteiger partial charge in [0, 0.05) is 56.0 Å². The number of aryl methyl sites for hydroxylation is 1. The summed E-state index contributed by atoms with van der Waals surface area (Å²) >= 11 is 0. The van der Waals surface area contributed by atoms with Crippen molar-refractivity contribution in [1.29, 1.82) is 0 Å². The van der Waals surface area contributed by atoms with E-state index in [-0.39, 0.29) is 23.1 Å². The lowest BCUT2D eigenvalue weighted by molar-refractivity contribution is 0.0788. The maximum Gasteiger partial charge on any atom is 0.257 e. The Bertz CT molecular complexity index is 1310. The second kappa shape index (κ2) is 8.72. The molecular weight excluding hydrogens is 451 g/mol. The molecule has 35 heavy (non-hydrogen) atoms. The molecule has 0 bridgehead atoms. The molecule has 2 aromatic carbocycles. The lowest BCUT2D eigenvalue weighted by Gasteiger charge is -2.16. The number of aromatic nitrogens is 2. The molecule has 2 aliphatic rings. The van der Waals surface area contributed by atoms with Gasteiger partial charge in [0.15, 0.2) is 5.82 Å². The predicted molar refractivity (Wildman–Crippen MR) is 128 cm³/mol. The van der Waals surface area contributed by atoms with Gasteiger partial charge in [0.05, 0.1) is 5.56 Å². The van der Waals surface area contributed by atoms with Crippen molar-refractivity contribution in [3.8, 4) is 17.2 Å². The molecule has 1 saturated heterocycles. The van der Waals surface area contributed by atoms with Gasteiger partial charge in [0.25, 0.3) is 11.8 Å². The number of rotatable bonds is 5. The number of carbonyl (C=O) groups excluding carboxylic acids is 2. The largest absolute Gasteiger partial charge is 0.487 e. The average Bonchev–Trinajstić information content (AvgIpc) is 3.53. The number of halogens is 1. The van der Waals surface area contributed by atoms with Gasteiger partial charge in [-0.15, -0.1) is 0 Å². The van der Waals surface area contributed by atoms with Crippen LogP contribution < -0.4 is 14.8 Å². The third kappa shape index (κ3) is 4.71. The molecule has 3 heterocycles. The van der Waals surface area contributed by atoms with Crippen LogP contribution in [-0.4, -0.2) is 45.2 Å². The fraction of sp³-hybridized carbons (Fsp3) is 0.346. The van der Waals surface area contributed by atoms with Crippen molar-refractivity contribution < 1.29 is 23.5 Å². The minimum Gasteiger partial charge on any atom is -0.487 e. The van der Waals surface area contributed by atoms with Crippen LogP contribution in [0.25, 0.3) is 0 Å². The first kappa shape index (κ1) is 22.9. The van der Waals surface area contributed by atoms with Crippen LogP contribution in [0.4, 0.5) is 10.2 Å². The van der Waals surface area contributed by atoms with Crippen molar-refractivity contribution in [1.82, 2.24) is 14.7 Å². The van der Waals surface area contributed by atoms with Crippen LogP contribution in [0.2, 0.25) is 0 Å². The summed E-state index contributed by atoms with van der Waals surface area (Å²) in [6.07, 6.45) is 4.16. The van der Waals surface area contributed by atoms with Crippen molar-refractivity contribution in [2.45, 2.75) is 38.7 Å². The summed E-state index contributed by atoms with van der Waals surface area (Å²) in [5.74, 6) is 0.267. The predicted octanol–water partition coefficient (Wildman–Crippen LogP) is 4.55. The Labute approximate surface area is 202 Å². The first-order chi connectivity index (χ1) is 16.7. The van der Waals surface area contributed by atoms with E-state index in [1.165, 1.54) is 12.1 Å². The topological polar surface area (TPSA) is 85.7 Å². The molecule has 3 aromatic rings. The molecule has 8 nitrogen and oxygen atoms in total. The Hall–Kier alpha value is -3.88. The highest BCUT2D eigenvalue weighted by atomic mass is 19.1. The Morgan fingerprint density at radius 1 is 1.14 bits per heavy atom. The standard InChI is InChI=1S/C26H27FN4O4/c1-26(2)15-19-21(12-16(13-22(19)35-26)24(32)28-23-8-11-30(3)29-23)34-17-6-7-18(20(27)14-17)25(33)31-9-4-5-10-31/h6-8,11-14H,4-5,9-10,15H2,1-3H3,(H,28,29,32). The molecule has 0 saturated carbocycles. The van der Waals surface area contributed by atoms with E-state index in [0.29, 0.717) is 42.4 Å². The van der Waals surface area contributed by atoms with Gasteiger partial charge < -0.3 is 19.7 Å². The second-order valence-electron chi connectivity index (χ2n) is 9.56. The number of nitrogens with zero attached hydrogens (tertiary/aromatic N) is 3. The van der Waals surface area contributed by atoms with E-state index in [0.717, 1.165) is 18.4 Å². The highest BCUT2D eigenvalue weighted by molar-refractivity contribution is 6.04. The molecule has 0 spiro atoms. The summed E-state index contributed by atoms with van der Waals surface area (Å²) in [6.45, 7) is 5.18. The average molecular weight is 479 g/mol. The third-order valence-corrected chi connectivity index (χ3v) is 6.17. The number of likely N-dealkylation sites (tertiary alicyclic amines) is 1. The van der Waals surface area contributed by atoms with E-state index < -0.39 is 11.4 Å². The minimum absolute atomic E-state index is 0.0254. The first-order valence-corrected chi connectivity index (χ1v) is 11.6. The number of nitrogens with one attached hydrogen (secondary N) is 1. The highest BCUT2D eigenvalue weighted by Crippen LogP contribution is 2.43. The molecule has 0 unspecified atom stereocenters. The van der Waals surface area contributed by atoms with E-state index in [2.05, 4.69) is 10.4 Å². The van der Waals surface area contributed by atoms with Crippen LogP contribution in [0.3, 0.4) is 0 Å². The SMILES string of the molecule is Cn1ccc(NC(=O)c2cc(Oc3ccc(C(=O)N4CCCC4)c(F)c3)c3c(c2)OC(C)(C)C3)n1. The second-order valence-corrected chi connectivity index (χ2v) is 9.56. The molecule has 1 N–H and O–H groups in total. The Kier molecular flexibility index (Phi) is 5.70. The normalized spacial score (nSPS) is 16.1. The number of benzene rings is 2. The van der Waals surface area contributed by atoms with Crippen LogP contribution in [0, 0.1) is 5.82 Å². The van der Waals surface area contributed by atoms with E-state index >= 15 is 0 Å². The summed E-state index contributed by atoms with van der Waals surface area (Å²) in [4.78, 5) is 27.2. The van der Waals surface area contributed by atoms with Crippen molar-refractivity contribution >= 4 is 17.6 Å². The van der Waals surface area contributed by atoms with E-state index in [9.17, 15) is 14.0 Å². The van der Waals surface area contributed by atoms with Gasteiger partial charge >= 0.3 is 0 Å². The number of anilines is 1. The summed E-state index contributed by atoms with van der Waals surface area (Å²) in [7, 11) is 1.76. The van der Waals surface area contributed by atoms with Crippen molar-refractivity contribution in [3.63, 3.8) is 0 Å². The van der Waals surface area contributed by atoms with Gasteiger partial charge in [-0.3, -0.25) is 14.3 Å². The van der Waals surface area contributed by atoms with Crippen molar-refractivity contribution in [2.24, 2.45) is 7.05 Å². The monoisotopic (exact) mass is 478 g/mol.